The Morgan fingerprint density at radius 1 is 1.50 bits per heavy atom. The molecule has 10 heavy (non-hydrogen) atoms. The van der Waals surface area contributed by atoms with Crippen LogP contribution in [0.25, 0.3) is 0 Å². The highest BCUT2D eigenvalue weighted by molar-refractivity contribution is 5.69. The van der Waals surface area contributed by atoms with Gasteiger partial charge in [-0.15, -0.1) is 0 Å². The van der Waals surface area contributed by atoms with E-state index in [9.17, 15) is 0 Å². The molecule has 0 aromatic heterocycles. The van der Waals surface area contributed by atoms with Gasteiger partial charge in [-0.2, -0.15) is 0 Å². The Morgan fingerprint density at radius 2 is 2.10 bits per heavy atom. The van der Waals surface area contributed by atoms with Crippen LogP contribution in [0.15, 0.2) is 0 Å². The first-order valence-corrected chi connectivity index (χ1v) is 3.45. The normalized spacial score (nSPS) is 10.0. The zero-order valence-corrected chi connectivity index (χ0v) is 6.98. The summed E-state index contributed by atoms with van der Waals surface area (Å²) in [5.74, 6) is 0.304. The van der Waals surface area contributed by atoms with Crippen LogP contribution in [0.4, 0.5) is 0 Å². The number of ether oxygens (including phenoxy) is 1. The Morgan fingerprint density at radius 3 is 2.50 bits per heavy atom. The van der Waals surface area contributed by atoms with E-state index in [0.29, 0.717) is 12.5 Å². The summed E-state index contributed by atoms with van der Waals surface area (Å²) in [5, 5.41) is 6.94. The van der Waals surface area contributed by atoms with Crippen molar-refractivity contribution in [1.82, 2.24) is 4.90 Å². The molecule has 3 heteroatoms. The smallest absolute Gasteiger partial charge is 0.177 e. The van der Waals surface area contributed by atoms with Crippen LogP contribution in [0.2, 0.25) is 0 Å². The van der Waals surface area contributed by atoms with Gasteiger partial charge in [0.05, 0.1) is 6.61 Å². The van der Waals surface area contributed by atoms with Crippen LogP contribution in [0, 0.1) is 5.41 Å². The molecule has 0 aromatic carbocycles. The van der Waals surface area contributed by atoms with E-state index in [0.717, 1.165) is 13.0 Å². The molecule has 0 amide bonds. The van der Waals surface area contributed by atoms with E-state index in [1.165, 1.54) is 0 Å². The molecule has 0 aromatic rings. The van der Waals surface area contributed by atoms with Crippen molar-refractivity contribution in [3.05, 3.63) is 0 Å². The van der Waals surface area contributed by atoms with Crippen molar-refractivity contribution in [1.29, 1.82) is 5.41 Å². The lowest BCUT2D eigenvalue weighted by Gasteiger charge is -2.08. The molecule has 0 unspecified atom stereocenters. The van der Waals surface area contributed by atoms with Crippen LogP contribution in [-0.2, 0) is 4.74 Å². The number of nitrogens with one attached hydrogen (secondary N) is 1. The van der Waals surface area contributed by atoms with Gasteiger partial charge < -0.3 is 9.64 Å². The van der Waals surface area contributed by atoms with Crippen LogP contribution >= 0.6 is 0 Å². The van der Waals surface area contributed by atoms with E-state index < -0.39 is 0 Å². The fraction of sp³-hybridized carbons (Fsp3) is 0.857. The van der Waals surface area contributed by atoms with E-state index >= 15 is 0 Å². The van der Waals surface area contributed by atoms with E-state index in [2.05, 4.69) is 4.90 Å². The lowest BCUT2D eigenvalue weighted by molar-refractivity contribution is 0.267. The molecule has 0 saturated heterocycles. The summed E-state index contributed by atoms with van der Waals surface area (Å²) >= 11 is 0. The molecule has 60 valence electrons. The average Bonchev–Trinajstić information content (AvgIpc) is 1.79. The molecule has 0 bridgehead atoms. The van der Waals surface area contributed by atoms with Gasteiger partial charge in [-0.3, -0.25) is 5.41 Å². The Labute approximate surface area is 62.5 Å². The molecule has 0 radical (unpaired) electrons. The Bertz CT molecular complexity index is 102. The van der Waals surface area contributed by atoms with Gasteiger partial charge in [-0.25, -0.2) is 0 Å². The van der Waals surface area contributed by atoms with Crippen molar-refractivity contribution >= 4 is 5.90 Å². The molecule has 0 saturated carbocycles. The van der Waals surface area contributed by atoms with Crippen molar-refractivity contribution in [3.63, 3.8) is 0 Å². The lowest BCUT2D eigenvalue weighted by Crippen LogP contribution is -2.15. The van der Waals surface area contributed by atoms with Crippen molar-refractivity contribution < 1.29 is 4.74 Å². The summed E-state index contributed by atoms with van der Waals surface area (Å²) in [6, 6.07) is 0. The van der Waals surface area contributed by atoms with Crippen LogP contribution in [-0.4, -0.2) is 38.0 Å². The van der Waals surface area contributed by atoms with Gasteiger partial charge in [0.1, 0.15) is 0 Å². The quantitative estimate of drug-likeness (QED) is 0.362. The van der Waals surface area contributed by atoms with Crippen LogP contribution < -0.4 is 0 Å². The predicted molar refractivity (Wildman–Crippen MR) is 42.5 cm³/mol. The maximum Gasteiger partial charge on any atom is 0.177 e. The monoisotopic (exact) mass is 144 g/mol. The number of nitrogens with zero attached hydrogens (tertiary/aromatic N) is 1. The largest absolute Gasteiger partial charge is 0.481 e. The first kappa shape index (κ1) is 9.43. The second-order valence-corrected chi connectivity index (χ2v) is 2.56. The highest BCUT2D eigenvalue weighted by Crippen LogP contribution is 1.85. The van der Waals surface area contributed by atoms with Crippen molar-refractivity contribution in [2.24, 2.45) is 0 Å². The number of hydrogen-bond donors (Lipinski definition) is 1. The minimum absolute atomic E-state index is 0.304. The highest BCUT2D eigenvalue weighted by atomic mass is 16.5. The summed E-state index contributed by atoms with van der Waals surface area (Å²) in [4.78, 5) is 2.10. The molecule has 0 aliphatic carbocycles. The van der Waals surface area contributed by atoms with Gasteiger partial charge in [-0.1, -0.05) is 0 Å². The van der Waals surface area contributed by atoms with Crippen LogP contribution in [0.1, 0.15) is 13.3 Å². The van der Waals surface area contributed by atoms with E-state index in [1.807, 2.05) is 14.1 Å². The standard InChI is InChI=1S/C7H16N2O/c1-7(8)10-6-4-5-9(2)3/h8H,4-6H2,1-3H3. The fourth-order valence-corrected chi connectivity index (χ4v) is 0.606. The minimum Gasteiger partial charge on any atom is -0.481 e. The molecule has 0 spiro atoms. The van der Waals surface area contributed by atoms with Crippen molar-refractivity contribution in [3.8, 4) is 0 Å². The molecule has 0 aliphatic rings. The van der Waals surface area contributed by atoms with E-state index in [-0.39, 0.29) is 0 Å². The molecular weight excluding hydrogens is 128 g/mol. The summed E-state index contributed by atoms with van der Waals surface area (Å²) in [6.07, 6.45) is 0.989. The molecule has 1 N–H and O–H groups in total. The van der Waals surface area contributed by atoms with Gasteiger partial charge in [0, 0.05) is 13.5 Å². The van der Waals surface area contributed by atoms with E-state index in [4.69, 9.17) is 10.1 Å². The summed E-state index contributed by atoms with van der Waals surface area (Å²) in [7, 11) is 4.05. The third-order valence-corrected chi connectivity index (χ3v) is 1.07. The zero-order chi connectivity index (χ0) is 7.98. The molecule has 0 fully saturated rings. The van der Waals surface area contributed by atoms with E-state index in [1.54, 1.807) is 6.92 Å². The van der Waals surface area contributed by atoms with Crippen molar-refractivity contribution in [2.75, 3.05) is 27.2 Å². The molecule has 0 atom stereocenters. The fourth-order valence-electron chi connectivity index (χ4n) is 0.606. The zero-order valence-electron chi connectivity index (χ0n) is 6.98. The van der Waals surface area contributed by atoms with Crippen LogP contribution in [0.5, 0.6) is 0 Å². The SMILES string of the molecule is CC(=N)OCCCN(C)C. The third-order valence-electron chi connectivity index (χ3n) is 1.07. The van der Waals surface area contributed by atoms with Gasteiger partial charge >= 0.3 is 0 Å². The minimum atomic E-state index is 0.304. The molecule has 0 rings (SSSR count). The Kier molecular flexibility index (Phi) is 4.94. The number of rotatable bonds is 4. The predicted octanol–water partition coefficient (Wildman–Crippen LogP) is 0.952. The second kappa shape index (κ2) is 5.23. The Balaban J connectivity index is 2.98. The molecular formula is C7H16N2O. The number of hydrogen-bond acceptors (Lipinski definition) is 3. The second-order valence-electron chi connectivity index (χ2n) is 2.56. The topological polar surface area (TPSA) is 36.3 Å². The average molecular weight is 144 g/mol. The first-order chi connectivity index (χ1) is 4.63. The van der Waals surface area contributed by atoms with Gasteiger partial charge in [0.2, 0.25) is 0 Å². The summed E-state index contributed by atoms with van der Waals surface area (Å²) in [5.41, 5.74) is 0. The summed E-state index contributed by atoms with van der Waals surface area (Å²) < 4.78 is 4.95. The van der Waals surface area contributed by atoms with Crippen LogP contribution in [0.3, 0.4) is 0 Å². The lowest BCUT2D eigenvalue weighted by atomic mass is 10.4. The molecule has 3 nitrogen and oxygen atoms in total. The maximum atomic E-state index is 6.94. The molecule has 0 heterocycles. The maximum absolute atomic E-state index is 6.94. The Hall–Kier alpha value is -0.570. The van der Waals surface area contributed by atoms with Gasteiger partial charge in [0.15, 0.2) is 5.90 Å². The first-order valence-electron chi connectivity index (χ1n) is 3.45. The van der Waals surface area contributed by atoms with Gasteiger partial charge in [-0.05, 0) is 20.5 Å². The summed E-state index contributed by atoms with van der Waals surface area (Å²) in [6.45, 7) is 3.33. The van der Waals surface area contributed by atoms with Gasteiger partial charge in [0.25, 0.3) is 0 Å². The highest BCUT2D eigenvalue weighted by Gasteiger charge is 1.90. The molecule has 0 aliphatic heterocycles. The third kappa shape index (κ3) is 7.43. The van der Waals surface area contributed by atoms with Crippen molar-refractivity contribution in [2.45, 2.75) is 13.3 Å².